The van der Waals surface area contributed by atoms with Gasteiger partial charge in [-0.15, -0.1) is 9.05 Å². The summed E-state index contributed by atoms with van der Waals surface area (Å²) in [4.78, 5) is 77.9. The fourth-order valence-electron chi connectivity index (χ4n) is 4.98. The molecule has 2 amide bonds. The molecule has 0 spiro atoms. The van der Waals surface area contributed by atoms with Crippen LogP contribution in [0.15, 0.2) is 59.5 Å². The van der Waals surface area contributed by atoms with Crippen molar-refractivity contribution in [2.24, 2.45) is 0 Å². The van der Waals surface area contributed by atoms with Gasteiger partial charge in [0.2, 0.25) is 5.95 Å². The Morgan fingerprint density at radius 2 is 1.68 bits per heavy atom. The van der Waals surface area contributed by atoms with E-state index < -0.39 is 70.6 Å². The van der Waals surface area contributed by atoms with E-state index in [2.05, 4.69) is 35.9 Å². The molecule has 2 heterocycles. The van der Waals surface area contributed by atoms with Crippen molar-refractivity contribution in [3.8, 4) is 5.75 Å². The highest BCUT2D eigenvalue weighted by atomic mass is 31.2. The minimum Gasteiger partial charge on any atom is -0.480 e. The van der Waals surface area contributed by atoms with Gasteiger partial charge in [-0.05, 0) is 63.6 Å². The number of nitrogens with one attached hydrogen (secondary N) is 4. The third kappa shape index (κ3) is 14.3. The maximum absolute atomic E-state index is 13.2. The molecular formula is C35H43N8O14P2+. The molecule has 2 aromatic heterocycles. The summed E-state index contributed by atoms with van der Waals surface area (Å²) in [6, 6.07) is 10.3. The summed E-state index contributed by atoms with van der Waals surface area (Å²) in [5.41, 5.74) is 6.15. The van der Waals surface area contributed by atoms with Crippen molar-refractivity contribution < 1.29 is 60.8 Å². The largest absolute Gasteiger partial charge is 0.697 e. The molecular weight excluding hydrogens is 818 g/mol. The number of carboxylic acids is 1. The monoisotopic (exact) mass is 861 g/mol. The molecule has 4 rings (SSSR count). The smallest absolute Gasteiger partial charge is 0.480 e. The SMILES string of the molecule is CCO[P+](=O)OCC(CNC(=O)c1ccccc1OC(=O)CC[C@@H](NC(=O)c1ccc(NCc2cnc3nc(N)[nH]c(=O)c3n2)cc1)C(=O)O)OP(=O)(OCC)OCC. The van der Waals surface area contributed by atoms with Crippen molar-refractivity contribution >= 4 is 62.6 Å². The van der Waals surface area contributed by atoms with Gasteiger partial charge < -0.3 is 31.5 Å². The predicted octanol–water partition coefficient (Wildman–Crippen LogP) is 3.48. The number of rotatable bonds is 24. The Morgan fingerprint density at radius 3 is 2.36 bits per heavy atom. The fraction of sp³-hybridized carbons (Fsp3) is 0.371. The normalized spacial score (nSPS) is 12.6. The van der Waals surface area contributed by atoms with Crippen molar-refractivity contribution in [1.82, 2.24) is 30.6 Å². The molecule has 0 aliphatic rings. The molecule has 4 aromatic rings. The van der Waals surface area contributed by atoms with Crippen LogP contribution in [0.2, 0.25) is 0 Å². The molecule has 24 heteroatoms. The van der Waals surface area contributed by atoms with E-state index in [1.165, 1.54) is 42.6 Å². The van der Waals surface area contributed by atoms with Crippen LogP contribution in [0.5, 0.6) is 5.75 Å². The number of nitrogens with two attached hydrogens (primary N) is 1. The van der Waals surface area contributed by atoms with Crippen molar-refractivity contribution in [1.29, 1.82) is 0 Å². The van der Waals surface area contributed by atoms with Gasteiger partial charge in [-0.2, -0.15) is 4.98 Å². The van der Waals surface area contributed by atoms with Gasteiger partial charge >= 0.3 is 28.0 Å². The highest BCUT2D eigenvalue weighted by Crippen LogP contribution is 2.50. The predicted molar refractivity (Wildman–Crippen MR) is 210 cm³/mol. The zero-order chi connectivity index (χ0) is 43.0. The highest BCUT2D eigenvalue weighted by molar-refractivity contribution is 7.48. The average Bonchev–Trinajstić information content (AvgIpc) is 3.20. The number of carbonyl (C=O) groups excluding carboxylic acids is 3. The van der Waals surface area contributed by atoms with Crippen LogP contribution in [-0.4, -0.2) is 93.9 Å². The first kappa shape index (κ1) is 46.0. The first-order valence-corrected chi connectivity index (χ1v) is 20.6. The first-order chi connectivity index (χ1) is 28.2. The van der Waals surface area contributed by atoms with Crippen molar-refractivity contribution in [2.75, 3.05) is 44.0 Å². The lowest BCUT2D eigenvalue weighted by Gasteiger charge is -2.22. The molecule has 7 N–H and O–H groups in total. The lowest BCUT2D eigenvalue weighted by molar-refractivity contribution is -0.140. The number of aliphatic carboxylic acids is 1. The minimum atomic E-state index is -4.11. The third-order valence-corrected chi connectivity index (χ3v) is 10.2. The summed E-state index contributed by atoms with van der Waals surface area (Å²) in [6.45, 7) is 4.16. The molecule has 59 heavy (non-hydrogen) atoms. The Kier molecular flexibility index (Phi) is 17.5. The number of carbonyl (C=O) groups is 4. The number of phosphoric ester groups is 1. The first-order valence-electron chi connectivity index (χ1n) is 18.0. The number of aromatic amines is 1. The number of phosphoric acid groups is 1. The van der Waals surface area contributed by atoms with Gasteiger partial charge in [0.25, 0.3) is 17.4 Å². The van der Waals surface area contributed by atoms with Gasteiger partial charge in [0, 0.05) is 28.8 Å². The molecule has 2 aromatic carbocycles. The zero-order valence-corrected chi connectivity index (χ0v) is 33.9. The van der Waals surface area contributed by atoms with Crippen LogP contribution < -0.4 is 32.0 Å². The Morgan fingerprint density at radius 1 is 0.966 bits per heavy atom. The summed E-state index contributed by atoms with van der Waals surface area (Å²) >= 11 is 0. The topological polar surface area (TPSA) is 312 Å². The number of para-hydroxylation sites is 1. The van der Waals surface area contributed by atoms with Gasteiger partial charge in [0.15, 0.2) is 11.2 Å². The van der Waals surface area contributed by atoms with Crippen LogP contribution in [0.1, 0.15) is 60.0 Å². The zero-order valence-electron chi connectivity index (χ0n) is 32.1. The number of fused-ring (bicyclic) bond motifs is 1. The maximum atomic E-state index is 13.2. The Bertz CT molecular complexity index is 2220. The number of benzene rings is 2. The van der Waals surface area contributed by atoms with Gasteiger partial charge in [0.1, 0.15) is 31.1 Å². The second-order valence-electron chi connectivity index (χ2n) is 11.9. The van der Waals surface area contributed by atoms with Crippen LogP contribution in [0.3, 0.4) is 0 Å². The number of ether oxygens (including phenoxy) is 1. The minimum absolute atomic E-state index is 0.0191. The van der Waals surface area contributed by atoms with Crippen LogP contribution >= 0.6 is 16.1 Å². The number of H-pyrrole nitrogens is 1. The molecule has 3 atom stereocenters. The molecule has 0 saturated carbocycles. The Labute approximate surface area is 337 Å². The summed E-state index contributed by atoms with van der Waals surface area (Å²) in [6.07, 6.45) is -0.578. The van der Waals surface area contributed by atoms with Crippen LogP contribution in [0, 0.1) is 0 Å². The Hall–Kier alpha value is -5.73. The van der Waals surface area contributed by atoms with Gasteiger partial charge in [-0.1, -0.05) is 12.1 Å². The van der Waals surface area contributed by atoms with Crippen molar-refractivity contribution in [3.05, 3.63) is 81.9 Å². The molecule has 22 nitrogen and oxygen atoms in total. The average molecular weight is 862 g/mol. The number of amides is 2. The molecule has 0 fully saturated rings. The van der Waals surface area contributed by atoms with Gasteiger partial charge in [-0.25, -0.2) is 19.3 Å². The number of esters is 1. The number of nitrogen functional groups attached to an aromatic ring is 1. The van der Waals surface area contributed by atoms with E-state index in [9.17, 15) is 38.2 Å². The number of hydrogen-bond donors (Lipinski definition) is 6. The lowest BCUT2D eigenvalue weighted by Crippen LogP contribution is -2.41. The molecule has 0 aliphatic carbocycles. The van der Waals surface area contributed by atoms with E-state index in [1.807, 2.05) is 0 Å². The summed E-state index contributed by atoms with van der Waals surface area (Å²) in [7, 11) is -6.66. The Balaban J connectivity index is 1.31. The van der Waals surface area contributed by atoms with Crippen LogP contribution in [-0.2, 0) is 47.9 Å². The van der Waals surface area contributed by atoms with Gasteiger partial charge in [0.05, 0.1) is 37.2 Å². The van der Waals surface area contributed by atoms with Crippen molar-refractivity contribution in [3.63, 3.8) is 0 Å². The number of aromatic nitrogens is 4. The summed E-state index contributed by atoms with van der Waals surface area (Å²) in [5.74, 6) is -4.01. The maximum Gasteiger partial charge on any atom is 0.697 e. The van der Waals surface area contributed by atoms with Crippen molar-refractivity contribution in [2.45, 2.75) is 52.3 Å². The van der Waals surface area contributed by atoms with E-state index in [-0.39, 0.29) is 73.3 Å². The van der Waals surface area contributed by atoms with E-state index in [1.54, 1.807) is 32.9 Å². The number of hydrogen-bond acceptors (Lipinski definition) is 18. The van der Waals surface area contributed by atoms with E-state index >= 15 is 0 Å². The van der Waals surface area contributed by atoms with Gasteiger partial charge in [-0.3, -0.25) is 37.7 Å². The van der Waals surface area contributed by atoms with E-state index in [0.29, 0.717) is 11.4 Å². The standard InChI is InChI=1S/C35H42N8O14P2/c1-4-52-58(50)53-20-24(57-59(51,54-5-2)55-6-3)19-39-32(46)25-9-7-8-10-27(25)56-28(44)16-15-26(34(48)49)41-31(45)21-11-13-22(14-12-21)37-17-23-18-38-30-29(40-23)33(47)43-35(36)42-30/h7-14,18,24,26H,4-6,15-17,19-20H2,1-3H3,(H6-,36,37,38,39,41,42,43,45,46,47,48,49)/p+1/t24?,26-/m1/s1. The third-order valence-electron chi connectivity index (χ3n) is 7.65. The number of carboxylic acid groups (broad SMARTS) is 1. The quantitative estimate of drug-likeness (QED) is 0.0334. The molecule has 2 unspecified atom stereocenters. The summed E-state index contributed by atoms with van der Waals surface area (Å²) in [5, 5.41) is 17.8. The molecule has 316 valence electrons. The fourth-order valence-corrected chi connectivity index (χ4v) is 6.88. The highest BCUT2D eigenvalue weighted by Gasteiger charge is 2.33. The molecule has 0 aliphatic heterocycles. The lowest BCUT2D eigenvalue weighted by atomic mass is 10.1. The van der Waals surface area contributed by atoms with Crippen LogP contribution in [0.25, 0.3) is 11.2 Å². The van der Waals surface area contributed by atoms with Crippen LogP contribution in [0.4, 0.5) is 11.6 Å². The van der Waals surface area contributed by atoms with E-state index in [4.69, 9.17) is 33.1 Å². The molecule has 0 bridgehead atoms. The molecule has 0 saturated heterocycles. The second-order valence-corrected chi connectivity index (χ2v) is 14.5. The van der Waals surface area contributed by atoms with E-state index in [0.717, 1.165) is 0 Å². The molecule has 0 radical (unpaired) electrons. The second kappa shape index (κ2) is 22.4. The summed E-state index contributed by atoms with van der Waals surface area (Å²) < 4.78 is 56.2. The number of nitrogens with zero attached hydrogens (tertiary/aromatic N) is 3. The number of anilines is 2.